The van der Waals surface area contributed by atoms with E-state index in [2.05, 4.69) is 58.4 Å². The minimum absolute atomic E-state index is 0.144. The van der Waals surface area contributed by atoms with Crippen LogP contribution in [0.25, 0.3) is 0 Å². The molecule has 2 aliphatic heterocycles. The standard InChI is InChI=1S/C27H30N2O/c30-26-24-8-4-5-9-25(24)27(29(26)18-20-6-2-1-3-7-20)12-14-28(15-13-27)19-23-17-21-10-11-22(23)16-21/h1-11,21-23H,12-19H2. The molecule has 3 heteroatoms. The summed E-state index contributed by atoms with van der Waals surface area (Å²) in [7, 11) is 0. The van der Waals surface area contributed by atoms with Crippen molar-refractivity contribution in [2.24, 2.45) is 17.8 Å². The van der Waals surface area contributed by atoms with Gasteiger partial charge in [-0.05, 0) is 60.6 Å². The first-order valence-corrected chi connectivity index (χ1v) is 11.6. The Morgan fingerprint density at radius 2 is 1.67 bits per heavy atom. The number of nitrogens with zero attached hydrogens (tertiary/aromatic N) is 2. The van der Waals surface area contributed by atoms with Crippen molar-refractivity contribution in [1.82, 2.24) is 9.80 Å². The molecular weight excluding hydrogens is 368 g/mol. The quantitative estimate of drug-likeness (QED) is 0.688. The summed E-state index contributed by atoms with van der Waals surface area (Å²) in [6.07, 6.45) is 9.75. The molecule has 30 heavy (non-hydrogen) atoms. The summed E-state index contributed by atoms with van der Waals surface area (Å²) < 4.78 is 0. The second-order valence-electron chi connectivity index (χ2n) is 9.79. The molecule has 0 N–H and O–H groups in total. The third kappa shape index (κ3) is 2.86. The van der Waals surface area contributed by atoms with Crippen molar-refractivity contribution < 1.29 is 4.79 Å². The van der Waals surface area contributed by atoms with Gasteiger partial charge in [0.05, 0.1) is 5.54 Å². The molecule has 1 saturated heterocycles. The zero-order chi connectivity index (χ0) is 20.1. The maximum Gasteiger partial charge on any atom is 0.255 e. The topological polar surface area (TPSA) is 23.6 Å². The minimum atomic E-state index is -0.144. The number of likely N-dealkylation sites (tertiary alicyclic amines) is 1. The number of piperidine rings is 1. The second-order valence-corrected chi connectivity index (χ2v) is 9.79. The number of carbonyl (C=O) groups is 1. The molecule has 1 amide bonds. The van der Waals surface area contributed by atoms with Crippen LogP contribution in [0.4, 0.5) is 0 Å². The Kier molecular flexibility index (Phi) is 4.35. The van der Waals surface area contributed by atoms with Crippen molar-refractivity contribution in [3.63, 3.8) is 0 Å². The van der Waals surface area contributed by atoms with Crippen LogP contribution in [0.5, 0.6) is 0 Å². The molecule has 2 fully saturated rings. The molecule has 1 saturated carbocycles. The van der Waals surface area contributed by atoms with Gasteiger partial charge >= 0.3 is 0 Å². The van der Waals surface area contributed by atoms with Crippen molar-refractivity contribution >= 4 is 5.91 Å². The highest BCUT2D eigenvalue weighted by molar-refractivity contribution is 6.00. The fourth-order valence-electron chi connectivity index (χ4n) is 6.63. The number of fused-ring (bicyclic) bond motifs is 4. The largest absolute Gasteiger partial charge is 0.324 e. The van der Waals surface area contributed by atoms with E-state index in [0.29, 0.717) is 6.54 Å². The number of allylic oxidation sites excluding steroid dienone is 2. The Bertz CT molecular complexity index is 973. The van der Waals surface area contributed by atoms with E-state index in [4.69, 9.17) is 0 Å². The number of amides is 1. The first-order valence-electron chi connectivity index (χ1n) is 11.6. The fourth-order valence-corrected chi connectivity index (χ4v) is 6.63. The second kappa shape index (κ2) is 7.09. The summed E-state index contributed by atoms with van der Waals surface area (Å²) in [5.41, 5.74) is 3.25. The van der Waals surface area contributed by atoms with Gasteiger partial charge in [-0.25, -0.2) is 0 Å². The molecule has 2 aliphatic carbocycles. The lowest BCUT2D eigenvalue weighted by Gasteiger charge is -2.46. The summed E-state index contributed by atoms with van der Waals surface area (Å²) in [6.45, 7) is 4.11. The number of hydrogen-bond donors (Lipinski definition) is 0. The van der Waals surface area contributed by atoms with E-state index in [9.17, 15) is 4.79 Å². The van der Waals surface area contributed by atoms with E-state index < -0.39 is 0 Å². The average Bonchev–Trinajstić information content (AvgIpc) is 3.47. The van der Waals surface area contributed by atoms with E-state index in [0.717, 1.165) is 49.2 Å². The highest BCUT2D eigenvalue weighted by atomic mass is 16.2. The van der Waals surface area contributed by atoms with Crippen molar-refractivity contribution in [3.8, 4) is 0 Å². The predicted molar refractivity (Wildman–Crippen MR) is 119 cm³/mol. The Balaban J connectivity index is 1.24. The first kappa shape index (κ1) is 18.4. The van der Waals surface area contributed by atoms with Crippen LogP contribution in [-0.4, -0.2) is 35.3 Å². The average molecular weight is 399 g/mol. The number of hydrogen-bond acceptors (Lipinski definition) is 2. The summed E-state index contributed by atoms with van der Waals surface area (Å²) in [6, 6.07) is 18.8. The predicted octanol–water partition coefficient (Wildman–Crippen LogP) is 4.85. The van der Waals surface area contributed by atoms with Crippen LogP contribution in [-0.2, 0) is 12.1 Å². The molecule has 4 aliphatic rings. The van der Waals surface area contributed by atoms with Crippen molar-refractivity contribution in [3.05, 3.63) is 83.4 Å². The lowest BCUT2D eigenvalue weighted by Crippen LogP contribution is -2.51. The third-order valence-corrected chi connectivity index (χ3v) is 8.20. The Hall–Kier alpha value is -2.39. The number of carbonyl (C=O) groups excluding carboxylic acids is 1. The highest BCUT2D eigenvalue weighted by Crippen LogP contribution is 2.48. The summed E-state index contributed by atoms with van der Waals surface area (Å²) in [5.74, 6) is 2.71. The molecule has 2 aromatic rings. The Morgan fingerprint density at radius 1 is 0.900 bits per heavy atom. The monoisotopic (exact) mass is 398 g/mol. The molecule has 0 aromatic heterocycles. The maximum atomic E-state index is 13.4. The van der Waals surface area contributed by atoms with Crippen LogP contribution in [0, 0.1) is 17.8 Å². The molecular formula is C27H30N2O. The molecule has 2 bridgehead atoms. The van der Waals surface area contributed by atoms with Crippen molar-refractivity contribution in [1.29, 1.82) is 0 Å². The summed E-state index contributed by atoms with van der Waals surface area (Å²) >= 11 is 0. The summed E-state index contributed by atoms with van der Waals surface area (Å²) in [5, 5.41) is 0. The first-order chi connectivity index (χ1) is 14.7. The Labute approximate surface area is 179 Å². The van der Waals surface area contributed by atoms with Gasteiger partial charge in [0.2, 0.25) is 0 Å². The minimum Gasteiger partial charge on any atom is -0.324 e. The van der Waals surface area contributed by atoms with Gasteiger partial charge in [0, 0.05) is 31.7 Å². The Morgan fingerprint density at radius 3 is 2.40 bits per heavy atom. The molecule has 2 aromatic carbocycles. The normalized spacial score (nSPS) is 29.1. The van der Waals surface area contributed by atoms with Crippen LogP contribution in [0.15, 0.2) is 66.7 Å². The molecule has 154 valence electrons. The molecule has 0 radical (unpaired) electrons. The van der Waals surface area contributed by atoms with Gasteiger partial charge in [0.1, 0.15) is 0 Å². The summed E-state index contributed by atoms with van der Waals surface area (Å²) in [4.78, 5) is 18.3. The lowest BCUT2D eigenvalue weighted by molar-refractivity contribution is 0.0195. The van der Waals surface area contributed by atoms with Crippen LogP contribution < -0.4 is 0 Å². The van der Waals surface area contributed by atoms with Crippen molar-refractivity contribution in [2.45, 2.75) is 37.8 Å². The van der Waals surface area contributed by atoms with Gasteiger partial charge in [-0.3, -0.25) is 4.79 Å². The number of rotatable bonds is 4. The number of benzene rings is 2. The lowest BCUT2D eigenvalue weighted by atomic mass is 9.80. The third-order valence-electron chi connectivity index (χ3n) is 8.20. The zero-order valence-electron chi connectivity index (χ0n) is 17.5. The van der Waals surface area contributed by atoms with E-state index in [-0.39, 0.29) is 11.4 Å². The van der Waals surface area contributed by atoms with Crippen LogP contribution >= 0.6 is 0 Å². The molecule has 2 heterocycles. The van der Waals surface area contributed by atoms with E-state index >= 15 is 0 Å². The van der Waals surface area contributed by atoms with Gasteiger partial charge < -0.3 is 9.80 Å². The van der Waals surface area contributed by atoms with E-state index in [1.165, 1.54) is 30.5 Å². The zero-order valence-corrected chi connectivity index (χ0v) is 17.5. The molecule has 3 unspecified atom stereocenters. The van der Waals surface area contributed by atoms with Crippen LogP contribution in [0.2, 0.25) is 0 Å². The maximum absolute atomic E-state index is 13.4. The van der Waals surface area contributed by atoms with Gasteiger partial charge in [-0.2, -0.15) is 0 Å². The molecule has 3 atom stereocenters. The van der Waals surface area contributed by atoms with Crippen molar-refractivity contribution in [2.75, 3.05) is 19.6 Å². The molecule has 1 spiro atoms. The molecule has 3 nitrogen and oxygen atoms in total. The van der Waals surface area contributed by atoms with E-state index in [1.54, 1.807) is 0 Å². The van der Waals surface area contributed by atoms with E-state index in [1.807, 2.05) is 18.2 Å². The van der Waals surface area contributed by atoms with Gasteiger partial charge in [-0.15, -0.1) is 0 Å². The van der Waals surface area contributed by atoms with Gasteiger partial charge in [-0.1, -0.05) is 60.7 Å². The van der Waals surface area contributed by atoms with Gasteiger partial charge in [0.25, 0.3) is 5.91 Å². The smallest absolute Gasteiger partial charge is 0.255 e. The van der Waals surface area contributed by atoms with Crippen LogP contribution in [0.1, 0.15) is 47.2 Å². The molecule has 6 rings (SSSR count). The highest BCUT2D eigenvalue weighted by Gasteiger charge is 2.50. The van der Waals surface area contributed by atoms with Crippen LogP contribution in [0.3, 0.4) is 0 Å². The fraction of sp³-hybridized carbons (Fsp3) is 0.444. The SMILES string of the molecule is O=C1c2ccccc2C2(CCN(CC3CC4C=CC3C4)CC2)N1Cc1ccccc1. The van der Waals surface area contributed by atoms with Gasteiger partial charge in [0.15, 0.2) is 0 Å².